The van der Waals surface area contributed by atoms with Crippen molar-refractivity contribution in [2.24, 2.45) is 0 Å². The Bertz CT molecular complexity index is 752. The first kappa shape index (κ1) is 10.8. The maximum atomic E-state index is 11.2. The van der Waals surface area contributed by atoms with E-state index in [2.05, 4.69) is 29.3 Å². The summed E-state index contributed by atoms with van der Waals surface area (Å²) in [5.41, 5.74) is 2.86. The minimum atomic E-state index is 0.703. The van der Waals surface area contributed by atoms with Gasteiger partial charge in [0.15, 0.2) is 6.29 Å². The highest BCUT2D eigenvalue weighted by Crippen LogP contribution is 2.30. The third-order valence-electron chi connectivity index (χ3n) is 3.26. The molecule has 0 aliphatic carbocycles. The van der Waals surface area contributed by atoms with Gasteiger partial charge in [0.1, 0.15) is 0 Å². The molecule has 0 atom stereocenters. The van der Waals surface area contributed by atoms with Gasteiger partial charge in [-0.2, -0.15) is 0 Å². The second kappa shape index (κ2) is 4.15. The van der Waals surface area contributed by atoms with Crippen LogP contribution in [0.3, 0.4) is 0 Å². The van der Waals surface area contributed by atoms with Crippen LogP contribution in [0.2, 0.25) is 0 Å². The first-order chi connectivity index (χ1) is 8.86. The first-order valence-electron chi connectivity index (χ1n) is 5.93. The summed E-state index contributed by atoms with van der Waals surface area (Å²) in [5.74, 6) is 0. The topological polar surface area (TPSA) is 22.0 Å². The van der Waals surface area contributed by atoms with E-state index in [1.54, 1.807) is 0 Å². The molecule has 0 N–H and O–H groups in total. The van der Waals surface area contributed by atoms with Crippen LogP contribution in [0.25, 0.3) is 21.8 Å². The average Bonchev–Trinajstić information content (AvgIpc) is 2.74. The number of aromatic nitrogens is 1. The Morgan fingerprint density at radius 1 is 1.06 bits per heavy atom. The van der Waals surface area contributed by atoms with Crippen molar-refractivity contribution in [3.63, 3.8) is 0 Å². The molecule has 0 saturated carbocycles. The molecule has 2 heteroatoms. The maximum absolute atomic E-state index is 11.2. The number of carbonyl (C=O) groups excluding carboxylic acids is 1. The summed E-state index contributed by atoms with van der Waals surface area (Å²) in [6.07, 6.45) is 2.77. The number of carbonyl (C=O) groups is 1. The molecule has 3 rings (SSSR count). The van der Waals surface area contributed by atoms with Crippen LogP contribution in [0, 0.1) is 0 Å². The molecular weight excluding hydrogens is 222 g/mol. The summed E-state index contributed by atoms with van der Waals surface area (Å²) < 4.78 is 2.14. The summed E-state index contributed by atoms with van der Waals surface area (Å²) in [7, 11) is 0. The van der Waals surface area contributed by atoms with Crippen LogP contribution in [0.1, 0.15) is 10.4 Å². The van der Waals surface area contributed by atoms with Gasteiger partial charge in [0.05, 0.1) is 5.52 Å². The highest BCUT2D eigenvalue weighted by atomic mass is 16.1. The lowest BCUT2D eigenvalue weighted by Gasteiger charge is -2.04. The van der Waals surface area contributed by atoms with Gasteiger partial charge < -0.3 is 4.57 Å². The number of nitrogens with zero attached hydrogens (tertiary/aromatic N) is 1. The van der Waals surface area contributed by atoms with Crippen LogP contribution in [-0.2, 0) is 6.54 Å². The van der Waals surface area contributed by atoms with E-state index >= 15 is 0 Å². The molecule has 0 radical (unpaired) electrons. The molecule has 18 heavy (non-hydrogen) atoms. The van der Waals surface area contributed by atoms with Gasteiger partial charge in [-0.05, 0) is 12.1 Å². The summed E-state index contributed by atoms with van der Waals surface area (Å²) >= 11 is 0. The summed E-state index contributed by atoms with van der Waals surface area (Å²) in [5, 5.41) is 2.30. The van der Waals surface area contributed by atoms with E-state index < -0.39 is 0 Å². The number of aldehydes is 1. The number of para-hydroxylation sites is 2. The lowest BCUT2D eigenvalue weighted by Crippen LogP contribution is -1.96. The zero-order valence-electron chi connectivity index (χ0n) is 9.97. The van der Waals surface area contributed by atoms with Gasteiger partial charge in [-0.15, -0.1) is 6.58 Å². The molecule has 1 aromatic heterocycles. The van der Waals surface area contributed by atoms with Crippen molar-refractivity contribution in [3.05, 3.63) is 60.7 Å². The van der Waals surface area contributed by atoms with Gasteiger partial charge in [-0.1, -0.05) is 36.4 Å². The number of fused-ring (bicyclic) bond motifs is 3. The minimum absolute atomic E-state index is 0.703. The van der Waals surface area contributed by atoms with Crippen LogP contribution in [0.4, 0.5) is 0 Å². The Kier molecular flexibility index (Phi) is 2.49. The van der Waals surface area contributed by atoms with Crippen molar-refractivity contribution < 1.29 is 4.79 Å². The van der Waals surface area contributed by atoms with Gasteiger partial charge in [0.25, 0.3) is 0 Å². The summed E-state index contributed by atoms with van der Waals surface area (Å²) in [6, 6.07) is 14.0. The predicted octanol–water partition coefficient (Wildman–Crippen LogP) is 3.79. The van der Waals surface area contributed by atoms with Crippen molar-refractivity contribution in [2.75, 3.05) is 0 Å². The molecule has 2 aromatic carbocycles. The molecule has 0 unspecified atom stereocenters. The largest absolute Gasteiger partial charge is 0.336 e. The average molecular weight is 235 g/mol. The summed E-state index contributed by atoms with van der Waals surface area (Å²) in [6.45, 7) is 4.50. The Morgan fingerprint density at radius 3 is 2.61 bits per heavy atom. The number of rotatable bonds is 3. The number of allylic oxidation sites excluding steroid dienone is 1. The van der Waals surface area contributed by atoms with Crippen LogP contribution in [-0.4, -0.2) is 10.9 Å². The molecule has 0 spiro atoms. The molecule has 2 nitrogen and oxygen atoms in total. The van der Waals surface area contributed by atoms with Crippen LogP contribution in [0.15, 0.2) is 55.1 Å². The van der Waals surface area contributed by atoms with Crippen LogP contribution < -0.4 is 0 Å². The molecule has 0 aliphatic heterocycles. The second-order valence-electron chi connectivity index (χ2n) is 4.28. The van der Waals surface area contributed by atoms with E-state index in [4.69, 9.17) is 0 Å². The van der Waals surface area contributed by atoms with Gasteiger partial charge in [0, 0.05) is 28.4 Å². The van der Waals surface area contributed by atoms with Gasteiger partial charge in [-0.3, -0.25) is 4.79 Å². The Morgan fingerprint density at radius 2 is 1.83 bits per heavy atom. The fourth-order valence-corrected chi connectivity index (χ4v) is 2.55. The molecular formula is C16H13NO. The highest BCUT2D eigenvalue weighted by molar-refractivity contribution is 6.12. The number of hydrogen-bond acceptors (Lipinski definition) is 1. The smallest absolute Gasteiger partial charge is 0.152 e. The van der Waals surface area contributed by atoms with Crippen molar-refractivity contribution in [1.82, 2.24) is 4.57 Å². The predicted molar refractivity (Wildman–Crippen MR) is 75.0 cm³/mol. The normalized spacial score (nSPS) is 10.9. The first-order valence-corrected chi connectivity index (χ1v) is 5.93. The third-order valence-corrected chi connectivity index (χ3v) is 3.26. The lowest BCUT2D eigenvalue weighted by atomic mass is 10.1. The van der Waals surface area contributed by atoms with Crippen molar-refractivity contribution in [3.8, 4) is 0 Å². The monoisotopic (exact) mass is 235 g/mol. The zero-order valence-corrected chi connectivity index (χ0v) is 9.97. The quantitative estimate of drug-likeness (QED) is 0.500. The number of hydrogen-bond donors (Lipinski definition) is 0. The van der Waals surface area contributed by atoms with Gasteiger partial charge >= 0.3 is 0 Å². The van der Waals surface area contributed by atoms with E-state index in [0.29, 0.717) is 6.54 Å². The highest BCUT2D eigenvalue weighted by Gasteiger charge is 2.11. The fourth-order valence-electron chi connectivity index (χ4n) is 2.55. The molecule has 1 heterocycles. The van der Waals surface area contributed by atoms with E-state index in [1.807, 2.05) is 30.3 Å². The van der Waals surface area contributed by atoms with Crippen molar-refractivity contribution in [2.45, 2.75) is 6.54 Å². The fraction of sp³-hybridized carbons (Fsp3) is 0.0625. The van der Waals surface area contributed by atoms with Crippen molar-refractivity contribution in [1.29, 1.82) is 0 Å². The standard InChI is InChI=1S/C16H13NO/c1-2-10-17-15-9-4-3-7-13(15)14-8-5-6-12(11-18)16(14)17/h2-9,11H,1,10H2. The van der Waals surface area contributed by atoms with Crippen LogP contribution >= 0.6 is 0 Å². The van der Waals surface area contributed by atoms with Gasteiger partial charge in [-0.25, -0.2) is 0 Å². The van der Waals surface area contributed by atoms with Gasteiger partial charge in [0.2, 0.25) is 0 Å². The Balaban J connectivity index is 2.57. The summed E-state index contributed by atoms with van der Waals surface area (Å²) in [4.78, 5) is 11.2. The Labute approximate surface area is 105 Å². The maximum Gasteiger partial charge on any atom is 0.152 e. The van der Waals surface area contributed by atoms with E-state index in [-0.39, 0.29) is 0 Å². The molecule has 0 bridgehead atoms. The molecule has 88 valence electrons. The molecule has 0 amide bonds. The Hall–Kier alpha value is -2.35. The third kappa shape index (κ3) is 1.39. The van der Waals surface area contributed by atoms with Crippen molar-refractivity contribution >= 4 is 28.1 Å². The van der Waals surface area contributed by atoms with Crippen LogP contribution in [0.5, 0.6) is 0 Å². The molecule has 0 saturated heterocycles. The SMILES string of the molecule is C=CCn1c2ccccc2c2cccc(C=O)c21. The molecule has 0 fully saturated rings. The number of benzene rings is 2. The molecule has 3 aromatic rings. The molecule has 0 aliphatic rings. The second-order valence-corrected chi connectivity index (χ2v) is 4.28. The van der Waals surface area contributed by atoms with E-state index in [1.165, 1.54) is 5.39 Å². The zero-order chi connectivity index (χ0) is 12.5. The minimum Gasteiger partial charge on any atom is -0.336 e. The van der Waals surface area contributed by atoms with E-state index in [0.717, 1.165) is 28.3 Å². The van der Waals surface area contributed by atoms with E-state index in [9.17, 15) is 4.79 Å². The lowest BCUT2D eigenvalue weighted by molar-refractivity contribution is 0.112.